The van der Waals surface area contributed by atoms with E-state index in [1.165, 1.54) is 18.2 Å². The number of non-ortho nitro benzene ring substituents is 1. The van der Waals surface area contributed by atoms with E-state index in [1.54, 1.807) is 35.0 Å². The summed E-state index contributed by atoms with van der Waals surface area (Å²) in [5.41, 5.74) is 3.43. The van der Waals surface area contributed by atoms with Crippen LogP contribution in [0.15, 0.2) is 53.0 Å². The summed E-state index contributed by atoms with van der Waals surface area (Å²) in [5.74, 6) is -0.341. The van der Waals surface area contributed by atoms with Crippen molar-refractivity contribution >= 4 is 33.2 Å². The molecule has 0 spiro atoms. The molecule has 7 nitrogen and oxygen atoms in total. The van der Waals surface area contributed by atoms with Crippen molar-refractivity contribution in [2.45, 2.75) is 13.8 Å². The summed E-state index contributed by atoms with van der Waals surface area (Å²) >= 11 is 3.49. The van der Waals surface area contributed by atoms with Gasteiger partial charge in [-0.2, -0.15) is 5.10 Å². The molecule has 0 unspecified atom stereocenters. The molecule has 0 radical (unpaired) electrons. The van der Waals surface area contributed by atoms with Crippen molar-refractivity contribution in [1.82, 2.24) is 9.78 Å². The molecule has 1 aromatic heterocycles. The number of aryl methyl sites for hydroxylation is 1. The smallest absolute Gasteiger partial charge is 0.271 e. The maximum Gasteiger partial charge on any atom is 0.271 e. The Balaban J connectivity index is 1.80. The number of halogens is 1. The molecular weight excluding hydrogens is 400 g/mol. The Hall–Kier alpha value is -3.00. The van der Waals surface area contributed by atoms with Gasteiger partial charge in [0.2, 0.25) is 0 Å². The van der Waals surface area contributed by atoms with Crippen LogP contribution in [0.25, 0.3) is 5.69 Å². The minimum absolute atomic E-state index is 0.0757. The molecule has 3 rings (SSSR count). The van der Waals surface area contributed by atoms with Gasteiger partial charge in [0, 0.05) is 23.4 Å². The number of nitrogens with zero attached hydrogens (tertiary/aromatic N) is 3. The van der Waals surface area contributed by atoms with Crippen LogP contribution in [0.5, 0.6) is 0 Å². The van der Waals surface area contributed by atoms with Gasteiger partial charge in [-0.05, 0) is 60.1 Å². The standard InChI is InChI=1S/C18H15BrN4O3/c1-11-17(19)12(2)22(21-11)15-8-6-13(7-9-15)18(24)20-14-4-3-5-16(10-14)23(25)26/h3-10H,1-2H3,(H,20,24). The van der Waals surface area contributed by atoms with Gasteiger partial charge < -0.3 is 5.32 Å². The highest BCUT2D eigenvalue weighted by atomic mass is 79.9. The largest absolute Gasteiger partial charge is 0.322 e. The number of hydrogen-bond donors (Lipinski definition) is 1. The first-order valence-corrected chi connectivity index (χ1v) is 8.54. The molecule has 0 fully saturated rings. The molecule has 2 aromatic carbocycles. The molecule has 0 aliphatic carbocycles. The van der Waals surface area contributed by atoms with Gasteiger partial charge in [0.25, 0.3) is 11.6 Å². The van der Waals surface area contributed by atoms with Crippen LogP contribution in [0.1, 0.15) is 21.7 Å². The van der Waals surface area contributed by atoms with Crippen molar-refractivity contribution in [3.05, 3.63) is 80.1 Å². The Morgan fingerprint density at radius 1 is 1.19 bits per heavy atom. The van der Waals surface area contributed by atoms with Gasteiger partial charge in [-0.1, -0.05) is 6.07 Å². The van der Waals surface area contributed by atoms with E-state index in [4.69, 9.17) is 0 Å². The van der Waals surface area contributed by atoms with Gasteiger partial charge in [-0.15, -0.1) is 0 Å². The molecular formula is C18H15BrN4O3. The summed E-state index contributed by atoms with van der Waals surface area (Å²) in [5, 5.41) is 17.9. The third-order valence-electron chi connectivity index (χ3n) is 3.89. The lowest BCUT2D eigenvalue weighted by molar-refractivity contribution is -0.384. The van der Waals surface area contributed by atoms with E-state index in [-0.39, 0.29) is 11.6 Å². The number of nitro groups is 1. The van der Waals surface area contributed by atoms with Crippen LogP contribution in [0, 0.1) is 24.0 Å². The molecule has 0 saturated heterocycles. The molecule has 0 aliphatic rings. The van der Waals surface area contributed by atoms with E-state index in [9.17, 15) is 14.9 Å². The second-order valence-electron chi connectivity index (χ2n) is 5.71. The van der Waals surface area contributed by atoms with Gasteiger partial charge >= 0.3 is 0 Å². The minimum atomic E-state index is -0.503. The predicted molar refractivity (Wildman–Crippen MR) is 102 cm³/mol. The Morgan fingerprint density at radius 3 is 2.46 bits per heavy atom. The third kappa shape index (κ3) is 3.50. The zero-order valence-electron chi connectivity index (χ0n) is 14.1. The first kappa shape index (κ1) is 17.8. The van der Waals surface area contributed by atoms with Gasteiger partial charge in [0.05, 0.1) is 26.5 Å². The van der Waals surface area contributed by atoms with Crippen LogP contribution in [0.3, 0.4) is 0 Å². The number of aromatic nitrogens is 2. The Labute approximate surface area is 157 Å². The number of benzene rings is 2. The Morgan fingerprint density at radius 2 is 1.88 bits per heavy atom. The van der Waals surface area contributed by atoms with Crippen molar-refractivity contribution in [1.29, 1.82) is 0 Å². The molecule has 0 saturated carbocycles. The van der Waals surface area contributed by atoms with Crippen molar-refractivity contribution in [2.24, 2.45) is 0 Å². The van der Waals surface area contributed by atoms with Gasteiger partial charge in [-0.25, -0.2) is 4.68 Å². The lowest BCUT2D eigenvalue weighted by Gasteiger charge is -2.07. The zero-order chi connectivity index (χ0) is 18.8. The quantitative estimate of drug-likeness (QED) is 0.505. The average Bonchev–Trinajstić information content (AvgIpc) is 2.89. The number of carbonyl (C=O) groups is 1. The molecule has 0 aliphatic heterocycles. The van der Waals surface area contributed by atoms with Crippen LogP contribution < -0.4 is 5.32 Å². The van der Waals surface area contributed by atoms with E-state index in [0.29, 0.717) is 11.3 Å². The third-order valence-corrected chi connectivity index (χ3v) is 5.04. The Kier molecular flexibility index (Phi) is 4.85. The number of carbonyl (C=O) groups excluding carboxylic acids is 1. The van der Waals surface area contributed by atoms with Crippen molar-refractivity contribution in [2.75, 3.05) is 5.32 Å². The van der Waals surface area contributed by atoms with Crippen LogP contribution in [0.2, 0.25) is 0 Å². The number of anilines is 1. The normalized spacial score (nSPS) is 10.6. The second-order valence-corrected chi connectivity index (χ2v) is 6.50. The van der Waals surface area contributed by atoms with E-state index >= 15 is 0 Å². The van der Waals surface area contributed by atoms with Crippen LogP contribution >= 0.6 is 15.9 Å². The minimum Gasteiger partial charge on any atom is -0.322 e. The van der Waals surface area contributed by atoms with Crippen molar-refractivity contribution < 1.29 is 9.72 Å². The number of nitro benzene ring substituents is 1. The van der Waals surface area contributed by atoms with Crippen molar-refractivity contribution in [3.63, 3.8) is 0 Å². The Bertz CT molecular complexity index is 996. The van der Waals surface area contributed by atoms with Gasteiger partial charge in [-0.3, -0.25) is 14.9 Å². The highest BCUT2D eigenvalue weighted by Crippen LogP contribution is 2.23. The highest BCUT2D eigenvalue weighted by Gasteiger charge is 2.12. The molecule has 1 amide bonds. The first-order valence-electron chi connectivity index (χ1n) is 7.75. The maximum absolute atomic E-state index is 12.4. The molecule has 132 valence electrons. The topological polar surface area (TPSA) is 90.1 Å². The fourth-order valence-electron chi connectivity index (χ4n) is 2.53. The van der Waals surface area contributed by atoms with Crippen LogP contribution in [0.4, 0.5) is 11.4 Å². The summed E-state index contributed by atoms with van der Waals surface area (Å²) in [4.78, 5) is 22.7. The highest BCUT2D eigenvalue weighted by molar-refractivity contribution is 9.10. The fourth-order valence-corrected chi connectivity index (χ4v) is 2.78. The summed E-state index contributed by atoms with van der Waals surface area (Å²) in [6.45, 7) is 3.86. The second kappa shape index (κ2) is 7.09. The molecule has 26 heavy (non-hydrogen) atoms. The molecule has 1 heterocycles. The maximum atomic E-state index is 12.4. The molecule has 0 bridgehead atoms. The fraction of sp³-hybridized carbons (Fsp3) is 0.111. The average molecular weight is 415 g/mol. The molecule has 8 heteroatoms. The van der Waals surface area contributed by atoms with E-state index in [2.05, 4.69) is 26.3 Å². The summed E-state index contributed by atoms with van der Waals surface area (Å²) in [6, 6.07) is 12.8. The molecule has 0 atom stereocenters. The van der Waals surface area contributed by atoms with Crippen LogP contribution in [-0.4, -0.2) is 20.6 Å². The number of nitrogens with one attached hydrogen (secondary N) is 1. The van der Waals surface area contributed by atoms with Crippen LogP contribution in [-0.2, 0) is 0 Å². The summed E-state index contributed by atoms with van der Waals surface area (Å²) < 4.78 is 2.74. The van der Waals surface area contributed by atoms with Gasteiger partial charge in [0.1, 0.15) is 0 Å². The monoisotopic (exact) mass is 414 g/mol. The first-order chi connectivity index (χ1) is 12.4. The molecule has 3 aromatic rings. The predicted octanol–water partition coefficient (Wildman–Crippen LogP) is 4.41. The van der Waals surface area contributed by atoms with Gasteiger partial charge in [0.15, 0.2) is 0 Å². The summed E-state index contributed by atoms with van der Waals surface area (Å²) in [7, 11) is 0. The number of amides is 1. The lowest BCUT2D eigenvalue weighted by atomic mass is 10.2. The van der Waals surface area contributed by atoms with E-state index in [0.717, 1.165) is 21.5 Å². The van der Waals surface area contributed by atoms with Crippen molar-refractivity contribution in [3.8, 4) is 5.69 Å². The lowest BCUT2D eigenvalue weighted by Crippen LogP contribution is -2.12. The summed E-state index contributed by atoms with van der Waals surface area (Å²) in [6.07, 6.45) is 0. The van der Waals surface area contributed by atoms with E-state index < -0.39 is 4.92 Å². The molecule has 1 N–H and O–H groups in total. The number of hydrogen-bond acceptors (Lipinski definition) is 4. The van der Waals surface area contributed by atoms with E-state index in [1.807, 2.05) is 13.8 Å². The number of rotatable bonds is 4. The SMILES string of the molecule is Cc1nn(-c2ccc(C(=O)Nc3cccc([N+](=O)[O-])c3)cc2)c(C)c1Br. The zero-order valence-corrected chi connectivity index (χ0v) is 15.6.